The third-order valence-corrected chi connectivity index (χ3v) is 7.63. The molecule has 0 N–H and O–H groups in total. The molecule has 1 heterocycles. The summed E-state index contributed by atoms with van der Waals surface area (Å²) in [6.07, 6.45) is 4.33. The van der Waals surface area contributed by atoms with Crippen LogP contribution in [0.3, 0.4) is 0 Å². The number of amides is 1. The second-order valence-electron chi connectivity index (χ2n) is 7.24. The predicted octanol–water partition coefficient (Wildman–Crippen LogP) is 5.16. The van der Waals surface area contributed by atoms with Crippen molar-refractivity contribution in [3.8, 4) is 0 Å². The maximum atomic E-state index is 13.2. The third-order valence-electron chi connectivity index (χ3n) is 5.11. The highest BCUT2D eigenvalue weighted by Gasteiger charge is 2.22. The van der Waals surface area contributed by atoms with E-state index in [4.69, 9.17) is 11.6 Å². The first-order chi connectivity index (χ1) is 15.2. The molecule has 2 aromatic carbocycles. The fraction of sp³-hybridized carbons (Fsp3) is 0.304. The number of halogens is 2. The average Bonchev–Trinajstić information content (AvgIpc) is 3.19. The zero-order chi connectivity index (χ0) is 23.3. The number of aromatic nitrogens is 1. The maximum absolute atomic E-state index is 13.2. The Balaban J connectivity index is 0.00000385. The summed E-state index contributed by atoms with van der Waals surface area (Å²) in [7, 11) is -3.44. The highest BCUT2D eigenvalue weighted by atomic mass is 35.5. The van der Waals surface area contributed by atoms with Gasteiger partial charge < -0.3 is 4.90 Å². The lowest BCUT2D eigenvalue weighted by Gasteiger charge is -2.23. The predicted molar refractivity (Wildman–Crippen MR) is 141 cm³/mol. The van der Waals surface area contributed by atoms with E-state index in [-0.39, 0.29) is 23.2 Å². The van der Waals surface area contributed by atoms with Gasteiger partial charge in [0, 0.05) is 30.4 Å². The number of anilines is 1. The molecule has 3 aromatic rings. The number of hydrogen-bond donors (Lipinski definition) is 0. The van der Waals surface area contributed by atoms with E-state index >= 15 is 0 Å². The van der Waals surface area contributed by atoms with Crippen molar-refractivity contribution in [3.63, 3.8) is 0 Å². The van der Waals surface area contributed by atoms with Gasteiger partial charge in [-0.05, 0) is 42.9 Å². The molecular weight excluding hydrogens is 501 g/mol. The first-order valence-corrected chi connectivity index (χ1v) is 13.4. The lowest BCUT2D eigenvalue weighted by Crippen LogP contribution is -2.38. The van der Waals surface area contributed by atoms with Crippen LogP contribution >= 0.6 is 35.3 Å². The van der Waals surface area contributed by atoms with Crippen LogP contribution in [0.5, 0.6) is 0 Å². The van der Waals surface area contributed by atoms with Crippen molar-refractivity contribution in [2.45, 2.75) is 18.7 Å². The van der Waals surface area contributed by atoms with Gasteiger partial charge in [0.2, 0.25) is 0 Å². The number of para-hydroxylation sites is 1. The minimum atomic E-state index is -3.44. The van der Waals surface area contributed by atoms with E-state index in [1.165, 1.54) is 17.4 Å². The molecule has 0 aliphatic carbocycles. The Kier molecular flexibility index (Phi) is 9.87. The molecule has 0 aliphatic rings. The van der Waals surface area contributed by atoms with E-state index in [2.05, 4.69) is 23.7 Å². The summed E-state index contributed by atoms with van der Waals surface area (Å²) in [5, 5.41) is 1.03. The van der Waals surface area contributed by atoms with Crippen LogP contribution in [0.2, 0.25) is 5.02 Å². The van der Waals surface area contributed by atoms with Gasteiger partial charge in [-0.25, -0.2) is 13.4 Å². The molecule has 0 unspecified atom stereocenters. The van der Waals surface area contributed by atoms with Gasteiger partial charge in [-0.1, -0.05) is 61.1 Å². The topological polar surface area (TPSA) is 70.6 Å². The van der Waals surface area contributed by atoms with Crippen LogP contribution in [0.15, 0.2) is 53.4 Å². The molecule has 0 radical (unpaired) electrons. The second kappa shape index (κ2) is 11.9. The van der Waals surface area contributed by atoms with Crippen LogP contribution in [0, 0.1) is 0 Å². The lowest BCUT2D eigenvalue weighted by atomic mass is 10.2. The van der Waals surface area contributed by atoms with Crippen molar-refractivity contribution < 1.29 is 13.2 Å². The first kappa shape index (κ1) is 27.3. The molecule has 3 rings (SSSR count). The van der Waals surface area contributed by atoms with Crippen LogP contribution in [0.4, 0.5) is 5.13 Å². The second-order valence-corrected chi connectivity index (χ2v) is 10.6. The largest absolute Gasteiger partial charge is 0.302 e. The molecule has 1 aromatic heterocycles. The third kappa shape index (κ3) is 6.77. The lowest BCUT2D eigenvalue weighted by molar-refractivity contribution is -0.114. The Morgan fingerprint density at radius 3 is 2.42 bits per heavy atom. The Morgan fingerprint density at radius 1 is 1.09 bits per heavy atom. The van der Waals surface area contributed by atoms with E-state index < -0.39 is 9.84 Å². The Bertz CT molecular complexity index is 1240. The van der Waals surface area contributed by atoms with Gasteiger partial charge in [0.05, 0.1) is 9.60 Å². The standard InChI is InChI=1S/C23H26ClN3O3S2.ClH/c1-4-26(5-2)15-16-27(21(28)14-13-17-9-6-7-10-18(17)24)23-25-22-19(31-23)11-8-12-20(22)32(3,29)30;/h6-14H,4-5,15-16H2,1-3H3;1H. The van der Waals surface area contributed by atoms with Crippen molar-refractivity contribution in [1.29, 1.82) is 0 Å². The summed E-state index contributed by atoms with van der Waals surface area (Å²) in [6, 6.07) is 12.3. The van der Waals surface area contributed by atoms with Crippen LogP contribution in [-0.4, -0.2) is 56.6 Å². The summed E-state index contributed by atoms with van der Waals surface area (Å²) < 4.78 is 25.1. The number of nitrogens with zero attached hydrogens (tertiary/aromatic N) is 3. The number of likely N-dealkylation sites (N-methyl/N-ethyl adjacent to an activating group) is 1. The van der Waals surface area contributed by atoms with Crippen molar-refractivity contribution in [2.75, 3.05) is 37.3 Å². The molecular formula is C23H27Cl2N3O3S2. The number of rotatable bonds is 9. The Morgan fingerprint density at radius 2 is 1.79 bits per heavy atom. The van der Waals surface area contributed by atoms with Crippen molar-refractivity contribution in [2.24, 2.45) is 0 Å². The van der Waals surface area contributed by atoms with Gasteiger partial charge >= 0.3 is 0 Å². The van der Waals surface area contributed by atoms with E-state index in [9.17, 15) is 13.2 Å². The molecule has 1 amide bonds. The van der Waals surface area contributed by atoms with Gasteiger partial charge in [0.15, 0.2) is 15.0 Å². The molecule has 10 heteroatoms. The molecule has 0 fully saturated rings. The summed E-state index contributed by atoms with van der Waals surface area (Å²) in [6.45, 7) is 6.99. The molecule has 6 nitrogen and oxygen atoms in total. The van der Waals surface area contributed by atoms with Gasteiger partial charge in [-0.15, -0.1) is 12.4 Å². The Hall–Kier alpha value is -1.97. The molecule has 0 atom stereocenters. The number of hydrogen-bond acceptors (Lipinski definition) is 6. The summed E-state index contributed by atoms with van der Waals surface area (Å²) in [5.74, 6) is -0.239. The molecule has 178 valence electrons. The van der Waals surface area contributed by atoms with Gasteiger partial charge in [0.1, 0.15) is 5.52 Å². The van der Waals surface area contributed by atoms with Gasteiger partial charge in [-0.3, -0.25) is 9.69 Å². The number of benzene rings is 2. The van der Waals surface area contributed by atoms with Gasteiger partial charge in [0.25, 0.3) is 5.91 Å². The summed E-state index contributed by atoms with van der Waals surface area (Å²) in [4.78, 5) is 21.8. The quantitative estimate of drug-likeness (QED) is 0.359. The summed E-state index contributed by atoms with van der Waals surface area (Å²) >= 11 is 7.51. The maximum Gasteiger partial charge on any atom is 0.252 e. The van der Waals surface area contributed by atoms with E-state index in [1.54, 1.807) is 29.2 Å². The van der Waals surface area contributed by atoms with Crippen molar-refractivity contribution in [3.05, 3.63) is 59.1 Å². The van der Waals surface area contributed by atoms with Crippen LogP contribution in [0.25, 0.3) is 16.3 Å². The highest BCUT2D eigenvalue weighted by Crippen LogP contribution is 2.33. The monoisotopic (exact) mass is 527 g/mol. The SMILES string of the molecule is CCN(CC)CCN(C(=O)C=Cc1ccccc1Cl)c1nc2c(S(C)(=O)=O)cccc2s1.Cl. The minimum Gasteiger partial charge on any atom is -0.302 e. The zero-order valence-corrected chi connectivity index (χ0v) is 21.9. The van der Waals surface area contributed by atoms with Crippen LogP contribution in [0.1, 0.15) is 19.4 Å². The number of carbonyl (C=O) groups is 1. The first-order valence-electron chi connectivity index (χ1n) is 10.3. The Labute approximate surface area is 210 Å². The molecule has 0 saturated carbocycles. The normalized spacial score (nSPS) is 11.8. The van der Waals surface area contributed by atoms with Crippen LogP contribution in [-0.2, 0) is 14.6 Å². The number of thiazole rings is 1. The summed E-state index contributed by atoms with van der Waals surface area (Å²) in [5.41, 5.74) is 1.14. The molecule has 0 bridgehead atoms. The van der Waals surface area contributed by atoms with Gasteiger partial charge in [-0.2, -0.15) is 0 Å². The molecule has 0 saturated heterocycles. The fourth-order valence-corrected chi connectivity index (χ4v) is 5.39. The fourth-order valence-electron chi connectivity index (χ4n) is 3.27. The number of sulfone groups is 1. The zero-order valence-electron chi connectivity index (χ0n) is 18.7. The highest BCUT2D eigenvalue weighted by molar-refractivity contribution is 7.91. The van der Waals surface area contributed by atoms with Crippen molar-refractivity contribution in [1.82, 2.24) is 9.88 Å². The van der Waals surface area contributed by atoms with E-state index in [1.807, 2.05) is 24.3 Å². The van der Waals surface area contributed by atoms with E-state index in [0.29, 0.717) is 28.8 Å². The van der Waals surface area contributed by atoms with Crippen LogP contribution < -0.4 is 4.90 Å². The van der Waals surface area contributed by atoms with E-state index in [0.717, 1.165) is 29.6 Å². The molecule has 0 aliphatic heterocycles. The molecule has 33 heavy (non-hydrogen) atoms. The minimum absolute atomic E-state index is 0. The average molecular weight is 529 g/mol. The molecule has 0 spiro atoms. The number of fused-ring (bicyclic) bond motifs is 1. The smallest absolute Gasteiger partial charge is 0.252 e. The number of carbonyl (C=O) groups excluding carboxylic acids is 1. The van der Waals surface area contributed by atoms with Crippen molar-refractivity contribution >= 4 is 72.5 Å².